The molecule has 1 amide bonds. The van der Waals surface area contributed by atoms with Crippen molar-refractivity contribution in [1.29, 1.82) is 5.26 Å². The number of alkyl halides is 3. The molecule has 0 radical (unpaired) electrons. The van der Waals surface area contributed by atoms with Crippen LogP contribution in [0.25, 0.3) is 6.08 Å². The van der Waals surface area contributed by atoms with Crippen LogP contribution in [0.4, 0.5) is 18.9 Å². The molecule has 28 heavy (non-hydrogen) atoms. The first kappa shape index (κ1) is 20.8. The molecule has 0 aliphatic heterocycles. The second-order valence-corrected chi connectivity index (χ2v) is 5.55. The van der Waals surface area contributed by atoms with Crippen LogP contribution in [0, 0.1) is 11.3 Å². The highest BCUT2D eigenvalue weighted by Gasteiger charge is 2.30. The van der Waals surface area contributed by atoms with E-state index in [0.717, 1.165) is 12.1 Å². The van der Waals surface area contributed by atoms with Gasteiger partial charge in [0.05, 0.1) is 19.3 Å². The number of carbonyl (C=O) groups is 1. The molecule has 0 aromatic heterocycles. The molecule has 0 atom stereocenters. The topological polar surface area (TPSA) is 71.3 Å². The van der Waals surface area contributed by atoms with E-state index in [-0.39, 0.29) is 11.3 Å². The second-order valence-electron chi connectivity index (χ2n) is 5.55. The highest BCUT2D eigenvalue weighted by atomic mass is 19.4. The smallest absolute Gasteiger partial charge is 0.416 e. The molecule has 0 spiro atoms. The Morgan fingerprint density at radius 2 is 1.96 bits per heavy atom. The van der Waals surface area contributed by atoms with E-state index in [4.69, 9.17) is 9.47 Å². The lowest BCUT2D eigenvalue weighted by molar-refractivity contribution is -0.137. The number of benzene rings is 2. The molecule has 0 aliphatic carbocycles. The van der Waals surface area contributed by atoms with Crippen molar-refractivity contribution in [3.05, 3.63) is 59.2 Å². The zero-order chi connectivity index (χ0) is 20.7. The largest absolute Gasteiger partial charge is 0.493 e. The number of hydrogen-bond donors (Lipinski definition) is 1. The predicted molar refractivity (Wildman–Crippen MR) is 97.8 cm³/mol. The Hall–Kier alpha value is -3.47. The van der Waals surface area contributed by atoms with Gasteiger partial charge in [0.25, 0.3) is 5.91 Å². The van der Waals surface area contributed by atoms with Gasteiger partial charge in [-0.2, -0.15) is 18.4 Å². The van der Waals surface area contributed by atoms with E-state index < -0.39 is 17.6 Å². The molecule has 0 saturated heterocycles. The van der Waals surface area contributed by atoms with Crippen molar-refractivity contribution in [3.63, 3.8) is 0 Å². The van der Waals surface area contributed by atoms with Crippen LogP contribution in [0.2, 0.25) is 0 Å². The first-order chi connectivity index (χ1) is 13.3. The summed E-state index contributed by atoms with van der Waals surface area (Å²) in [6.45, 7) is 2.19. The van der Waals surface area contributed by atoms with Gasteiger partial charge >= 0.3 is 6.18 Å². The van der Waals surface area contributed by atoms with Gasteiger partial charge in [-0.15, -0.1) is 0 Å². The Kier molecular flexibility index (Phi) is 6.66. The number of anilines is 1. The summed E-state index contributed by atoms with van der Waals surface area (Å²) in [5, 5.41) is 11.6. The summed E-state index contributed by atoms with van der Waals surface area (Å²) < 4.78 is 49.0. The molecule has 0 saturated carbocycles. The van der Waals surface area contributed by atoms with Gasteiger partial charge in [0.15, 0.2) is 11.5 Å². The lowest BCUT2D eigenvalue weighted by Gasteiger charge is -2.10. The van der Waals surface area contributed by atoms with Gasteiger partial charge in [0, 0.05) is 5.69 Å². The Morgan fingerprint density at radius 1 is 1.21 bits per heavy atom. The number of ether oxygens (including phenoxy) is 2. The maximum absolute atomic E-state index is 12.8. The van der Waals surface area contributed by atoms with E-state index >= 15 is 0 Å². The summed E-state index contributed by atoms with van der Waals surface area (Å²) in [4.78, 5) is 12.3. The summed E-state index contributed by atoms with van der Waals surface area (Å²) in [5.74, 6) is 0.107. The van der Waals surface area contributed by atoms with Gasteiger partial charge in [0.1, 0.15) is 11.6 Å². The standard InChI is InChI=1S/C20H17F3N2O3/c1-3-28-18-10-13(7-8-17(18)27-2)9-14(12-24)19(26)25-16-6-4-5-15(11-16)20(21,22)23/h4-11H,3H2,1-2H3,(H,25,26)/b14-9-. The van der Waals surface area contributed by atoms with Gasteiger partial charge in [0.2, 0.25) is 0 Å². The molecule has 8 heteroatoms. The number of hydrogen-bond acceptors (Lipinski definition) is 4. The van der Waals surface area contributed by atoms with Crippen LogP contribution in [0.5, 0.6) is 11.5 Å². The Labute approximate surface area is 160 Å². The number of nitrogens with one attached hydrogen (secondary N) is 1. The molecule has 1 N–H and O–H groups in total. The molecule has 0 fully saturated rings. The quantitative estimate of drug-likeness (QED) is 0.575. The van der Waals surface area contributed by atoms with Gasteiger partial charge in [-0.3, -0.25) is 4.79 Å². The fraction of sp³-hybridized carbons (Fsp3) is 0.200. The fourth-order valence-corrected chi connectivity index (χ4v) is 2.34. The average molecular weight is 390 g/mol. The van der Waals surface area contributed by atoms with Crippen LogP contribution >= 0.6 is 0 Å². The Balaban J connectivity index is 2.27. The van der Waals surface area contributed by atoms with Gasteiger partial charge in [-0.05, 0) is 48.9 Å². The molecule has 146 valence electrons. The number of nitrogens with zero attached hydrogens (tertiary/aromatic N) is 1. The van der Waals surface area contributed by atoms with Crippen LogP contribution in [-0.2, 0) is 11.0 Å². The van der Waals surface area contributed by atoms with E-state index in [9.17, 15) is 23.2 Å². The lowest BCUT2D eigenvalue weighted by atomic mass is 10.1. The van der Waals surface area contributed by atoms with E-state index in [0.29, 0.717) is 23.7 Å². The number of nitriles is 1. The van der Waals surface area contributed by atoms with E-state index in [1.165, 1.54) is 25.3 Å². The minimum atomic E-state index is -4.53. The minimum absolute atomic E-state index is 0.0642. The van der Waals surface area contributed by atoms with Crippen LogP contribution in [0.1, 0.15) is 18.1 Å². The number of halogens is 3. The van der Waals surface area contributed by atoms with Crippen molar-refractivity contribution in [2.24, 2.45) is 0 Å². The van der Waals surface area contributed by atoms with Crippen molar-refractivity contribution in [2.45, 2.75) is 13.1 Å². The molecule has 0 aliphatic rings. The van der Waals surface area contributed by atoms with Crippen LogP contribution in [0.3, 0.4) is 0 Å². The van der Waals surface area contributed by atoms with Crippen LogP contribution in [-0.4, -0.2) is 19.6 Å². The van der Waals surface area contributed by atoms with E-state index in [2.05, 4.69) is 5.32 Å². The third-order valence-corrected chi connectivity index (χ3v) is 3.61. The first-order valence-corrected chi connectivity index (χ1v) is 8.19. The van der Waals surface area contributed by atoms with Crippen molar-refractivity contribution >= 4 is 17.7 Å². The number of methoxy groups -OCH3 is 1. The van der Waals surface area contributed by atoms with Crippen LogP contribution in [0.15, 0.2) is 48.0 Å². The summed E-state index contributed by atoms with van der Waals surface area (Å²) >= 11 is 0. The molecule has 2 rings (SSSR count). The third-order valence-electron chi connectivity index (χ3n) is 3.61. The number of carbonyl (C=O) groups excluding carboxylic acids is 1. The third kappa shape index (κ3) is 5.27. The van der Waals surface area contributed by atoms with Gasteiger partial charge in [-0.1, -0.05) is 12.1 Å². The zero-order valence-corrected chi connectivity index (χ0v) is 15.1. The second kappa shape index (κ2) is 8.95. The van der Waals surface area contributed by atoms with E-state index in [1.807, 2.05) is 0 Å². The minimum Gasteiger partial charge on any atom is -0.493 e. The normalized spacial score (nSPS) is 11.5. The molecule has 0 heterocycles. The molecular weight excluding hydrogens is 373 g/mol. The van der Waals surface area contributed by atoms with Crippen molar-refractivity contribution in [1.82, 2.24) is 0 Å². The highest BCUT2D eigenvalue weighted by molar-refractivity contribution is 6.09. The predicted octanol–water partition coefficient (Wildman–Crippen LogP) is 4.66. The SMILES string of the molecule is CCOc1cc(/C=C(/C#N)C(=O)Nc2cccc(C(F)(F)F)c2)ccc1OC. The fourth-order valence-electron chi connectivity index (χ4n) is 2.34. The molecule has 0 unspecified atom stereocenters. The van der Waals surface area contributed by atoms with E-state index in [1.54, 1.807) is 31.2 Å². The summed E-state index contributed by atoms with van der Waals surface area (Å²) in [6, 6.07) is 10.8. The average Bonchev–Trinajstić information content (AvgIpc) is 2.66. The molecular formula is C20H17F3N2O3. The molecule has 5 nitrogen and oxygen atoms in total. The van der Waals surface area contributed by atoms with Crippen molar-refractivity contribution in [2.75, 3.05) is 19.0 Å². The summed E-state index contributed by atoms with van der Waals surface area (Å²) in [6.07, 6.45) is -3.22. The maximum Gasteiger partial charge on any atom is 0.416 e. The summed E-state index contributed by atoms with van der Waals surface area (Å²) in [7, 11) is 1.48. The lowest BCUT2D eigenvalue weighted by Crippen LogP contribution is -2.14. The first-order valence-electron chi connectivity index (χ1n) is 8.19. The monoisotopic (exact) mass is 390 g/mol. The van der Waals surface area contributed by atoms with Crippen molar-refractivity contribution < 1.29 is 27.4 Å². The van der Waals surface area contributed by atoms with Crippen molar-refractivity contribution in [3.8, 4) is 17.6 Å². The van der Waals surface area contributed by atoms with Gasteiger partial charge in [-0.25, -0.2) is 0 Å². The maximum atomic E-state index is 12.8. The number of rotatable bonds is 6. The zero-order valence-electron chi connectivity index (χ0n) is 15.1. The molecule has 0 bridgehead atoms. The Morgan fingerprint density at radius 3 is 2.57 bits per heavy atom. The van der Waals surface area contributed by atoms with Crippen LogP contribution < -0.4 is 14.8 Å². The highest BCUT2D eigenvalue weighted by Crippen LogP contribution is 2.31. The molecule has 2 aromatic carbocycles. The number of amides is 1. The summed E-state index contributed by atoms with van der Waals surface area (Å²) in [5.41, 5.74) is -0.736. The molecule has 2 aromatic rings. The Bertz CT molecular complexity index is 931. The van der Waals surface area contributed by atoms with Gasteiger partial charge < -0.3 is 14.8 Å².